The fraction of sp³-hybridized carbons (Fsp3) is 0.857. The van der Waals surface area contributed by atoms with Crippen LogP contribution in [0.2, 0.25) is 0 Å². The third-order valence-electron chi connectivity index (χ3n) is 11.2. The van der Waals surface area contributed by atoms with Crippen LogP contribution in [-0.4, -0.2) is 42.3 Å². The maximum absolute atomic E-state index is 10.3. The Kier molecular flexibility index (Phi) is 4.89. The van der Waals surface area contributed by atoms with E-state index < -0.39 is 5.79 Å². The number of hydrogen-bond donors (Lipinski definition) is 2. The van der Waals surface area contributed by atoms with Crippen molar-refractivity contribution < 1.29 is 14.6 Å². The van der Waals surface area contributed by atoms with E-state index in [0.29, 0.717) is 11.8 Å². The van der Waals surface area contributed by atoms with Crippen LogP contribution in [0.3, 0.4) is 0 Å². The molecule has 32 heavy (non-hydrogen) atoms. The highest BCUT2D eigenvalue weighted by atomic mass is 16.7. The zero-order valence-electron chi connectivity index (χ0n) is 20.7. The van der Waals surface area contributed by atoms with Gasteiger partial charge in [-0.05, 0) is 93.1 Å². The Hall–Kier alpha value is -0.680. The molecular weight excluding hydrogens is 398 g/mol. The third kappa shape index (κ3) is 2.70. The molecule has 2 heterocycles. The van der Waals surface area contributed by atoms with Gasteiger partial charge in [-0.3, -0.25) is 0 Å². The number of aliphatic hydroxyl groups excluding tert-OH is 1. The zero-order valence-corrected chi connectivity index (χ0v) is 20.7. The predicted octanol–water partition coefficient (Wildman–Crippen LogP) is 4.98. The number of aliphatic hydroxyl groups is 1. The van der Waals surface area contributed by atoms with Crippen molar-refractivity contribution in [2.75, 3.05) is 13.7 Å². The highest BCUT2D eigenvalue weighted by molar-refractivity contribution is 5.39. The van der Waals surface area contributed by atoms with Gasteiger partial charge in [-0.2, -0.15) is 0 Å². The van der Waals surface area contributed by atoms with Crippen LogP contribution in [0.4, 0.5) is 0 Å². The summed E-state index contributed by atoms with van der Waals surface area (Å²) < 4.78 is 13.3. The Morgan fingerprint density at radius 1 is 1.19 bits per heavy atom. The molecule has 0 radical (unpaired) electrons. The molecule has 0 aromatic carbocycles. The lowest BCUT2D eigenvalue weighted by molar-refractivity contribution is -0.256. The minimum Gasteiger partial charge on any atom is -0.393 e. The molecular formula is C28H43NO3. The van der Waals surface area contributed by atoms with Crippen LogP contribution in [0.25, 0.3) is 0 Å². The summed E-state index contributed by atoms with van der Waals surface area (Å²) in [6.45, 7) is 10.7. The van der Waals surface area contributed by atoms with E-state index >= 15 is 0 Å². The number of nitrogens with one attached hydrogen (secondary N) is 1. The second kappa shape index (κ2) is 7.16. The van der Waals surface area contributed by atoms with Gasteiger partial charge in [0.1, 0.15) is 0 Å². The first-order valence-corrected chi connectivity index (χ1v) is 13.3. The molecule has 6 rings (SSSR count). The SMILES string of the molecule is CO[C@@]12C[C@H](C)CN[C@H]1[C@@H](C)[C@@]1(CC[C@@H]3C(=C1C)C[C@H]1[C@H]3CC=C3C[C@@H](O)CC[C@@]31C)O2. The van der Waals surface area contributed by atoms with Gasteiger partial charge in [0.05, 0.1) is 17.7 Å². The van der Waals surface area contributed by atoms with Crippen LogP contribution in [0.5, 0.6) is 0 Å². The van der Waals surface area contributed by atoms with Crippen LogP contribution in [-0.2, 0) is 9.47 Å². The average Bonchev–Trinajstić information content (AvgIpc) is 3.27. The quantitative estimate of drug-likeness (QED) is 0.564. The Labute approximate surface area is 194 Å². The van der Waals surface area contributed by atoms with Crippen molar-refractivity contribution in [3.05, 3.63) is 22.8 Å². The van der Waals surface area contributed by atoms with Crippen LogP contribution >= 0.6 is 0 Å². The minimum absolute atomic E-state index is 0.130. The smallest absolute Gasteiger partial charge is 0.185 e. The Balaban J connectivity index is 1.36. The summed E-state index contributed by atoms with van der Waals surface area (Å²) in [5.74, 6) is 2.72. The van der Waals surface area contributed by atoms with Crippen molar-refractivity contribution in [2.24, 2.45) is 35.0 Å². The van der Waals surface area contributed by atoms with Gasteiger partial charge < -0.3 is 19.9 Å². The molecule has 10 atom stereocenters. The summed E-state index contributed by atoms with van der Waals surface area (Å²) in [5, 5.41) is 14.1. The topological polar surface area (TPSA) is 50.7 Å². The van der Waals surface area contributed by atoms with Gasteiger partial charge in [0.15, 0.2) is 5.79 Å². The molecule has 4 heteroatoms. The number of piperidine rings is 1. The Morgan fingerprint density at radius 3 is 2.78 bits per heavy atom. The molecule has 0 unspecified atom stereocenters. The van der Waals surface area contributed by atoms with Crippen molar-refractivity contribution in [2.45, 2.75) is 103 Å². The minimum atomic E-state index is -0.489. The number of methoxy groups -OCH3 is 1. The lowest BCUT2D eigenvalue weighted by Crippen LogP contribution is -2.57. The molecule has 2 saturated heterocycles. The molecule has 4 aliphatic carbocycles. The Morgan fingerprint density at radius 2 is 2.00 bits per heavy atom. The second-order valence-electron chi connectivity index (χ2n) is 12.5. The molecule has 6 aliphatic rings. The van der Waals surface area contributed by atoms with Crippen molar-refractivity contribution in [1.82, 2.24) is 5.32 Å². The molecule has 1 spiro atoms. The van der Waals surface area contributed by atoms with Gasteiger partial charge in [0.25, 0.3) is 0 Å². The first kappa shape index (κ1) is 21.8. The highest BCUT2D eigenvalue weighted by Gasteiger charge is 2.65. The van der Waals surface area contributed by atoms with Gasteiger partial charge in [-0.15, -0.1) is 0 Å². The molecule has 0 bridgehead atoms. The van der Waals surface area contributed by atoms with E-state index in [1.807, 2.05) is 7.11 Å². The number of hydrogen-bond acceptors (Lipinski definition) is 4. The molecule has 0 aromatic heterocycles. The molecule has 2 N–H and O–H groups in total. The fourth-order valence-corrected chi connectivity index (χ4v) is 9.44. The summed E-state index contributed by atoms with van der Waals surface area (Å²) in [4.78, 5) is 0. The molecule has 0 aromatic rings. The summed E-state index contributed by atoms with van der Waals surface area (Å²) in [6.07, 6.45) is 11.2. The van der Waals surface area contributed by atoms with E-state index in [9.17, 15) is 5.11 Å². The third-order valence-corrected chi connectivity index (χ3v) is 11.2. The van der Waals surface area contributed by atoms with Crippen molar-refractivity contribution in [3.8, 4) is 0 Å². The molecule has 2 saturated carbocycles. The van der Waals surface area contributed by atoms with Gasteiger partial charge >= 0.3 is 0 Å². The molecule has 2 aliphatic heterocycles. The number of fused-ring (bicyclic) bond motifs is 6. The van der Waals surface area contributed by atoms with Crippen LogP contribution < -0.4 is 5.32 Å². The van der Waals surface area contributed by atoms with Gasteiger partial charge in [0.2, 0.25) is 0 Å². The summed E-state index contributed by atoms with van der Waals surface area (Å²) in [6, 6.07) is 0.269. The van der Waals surface area contributed by atoms with Crippen molar-refractivity contribution in [1.29, 1.82) is 0 Å². The van der Waals surface area contributed by atoms with Crippen molar-refractivity contribution >= 4 is 0 Å². The largest absolute Gasteiger partial charge is 0.393 e. The van der Waals surface area contributed by atoms with Gasteiger partial charge in [-0.1, -0.05) is 38.0 Å². The first-order valence-electron chi connectivity index (χ1n) is 13.3. The van der Waals surface area contributed by atoms with E-state index in [4.69, 9.17) is 9.47 Å². The molecule has 4 fully saturated rings. The molecule has 178 valence electrons. The molecule has 0 amide bonds. The number of rotatable bonds is 1. The monoisotopic (exact) mass is 441 g/mol. The van der Waals surface area contributed by atoms with Crippen LogP contribution in [0.15, 0.2) is 22.8 Å². The predicted molar refractivity (Wildman–Crippen MR) is 126 cm³/mol. The number of ether oxygens (including phenoxy) is 2. The average molecular weight is 442 g/mol. The van der Waals surface area contributed by atoms with E-state index in [-0.39, 0.29) is 23.2 Å². The van der Waals surface area contributed by atoms with Gasteiger partial charge in [0, 0.05) is 19.4 Å². The van der Waals surface area contributed by atoms with E-state index in [0.717, 1.165) is 56.4 Å². The van der Waals surface area contributed by atoms with E-state index in [1.165, 1.54) is 24.8 Å². The first-order chi connectivity index (χ1) is 15.2. The number of allylic oxidation sites excluding steroid dienone is 2. The van der Waals surface area contributed by atoms with Crippen molar-refractivity contribution in [3.63, 3.8) is 0 Å². The zero-order chi connectivity index (χ0) is 22.5. The van der Waals surface area contributed by atoms with E-state index in [2.05, 4.69) is 39.1 Å². The standard InChI is InChI=1S/C28H43NO3/c1-16-14-28(31-5)25(29-15-16)18(3)27(32-28)11-9-21-22-7-6-19-12-20(30)8-10-26(19,4)24(22)13-23(21)17(27)2/h6,16,18,20-22,24-25,29-30H,7-15H2,1-5H3/t16-,18+,20-,21-,22-,24-,25-,26-,27-,28+/m0/s1. The normalized spacial score (nSPS) is 54.7. The summed E-state index contributed by atoms with van der Waals surface area (Å²) in [7, 11) is 1.85. The highest BCUT2D eigenvalue weighted by Crippen LogP contribution is 2.65. The molecule has 4 nitrogen and oxygen atoms in total. The summed E-state index contributed by atoms with van der Waals surface area (Å²) >= 11 is 0. The maximum atomic E-state index is 10.3. The maximum Gasteiger partial charge on any atom is 0.185 e. The Bertz CT molecular complexity index is 865. The van der Waals surface area contributed by atoms with Gasteiger partial charge in [-0.25, -0.2) is 0 Å². The fourth-order valence-electron chi connectivity index (χ4n) is 9.44. The lowest BCUT2D eigenvalue weighted by Gasteiger charge is -2.49. The van der Waals surface area contributed by atoms with E-state index in [1.54, 1.807) is 11.1 Å². The second-order valence-corrected chi connectivity index (χ2v) is 12.5. The van der Waals surface area contributed by atoms with Crippen LogP contribution in [0.1, 0.15) is 79.1 Å². The lowest BCUT2D eigenvalue weighted by atomic mass is 9.56. The summed E-state index contributed by atoms with van der Waals surface area (Å²) in [5.41, 5.74) is 4.91. The van der Waals surface area contributed by atoms with Crippen LogP contribution in [0, 0.1) is 35.0 Å².